The number of ether oxygens (including phenoxy) is 1. The lowest BCUT2D eigenvalue weighted by Gasteiger charge is -2.13. The standard InChI is InChI=1S/C18H18NO5P/c1-22-13-6-9-15-16(18(20)19-17(15)11-13)10-12-4-7-14(8-5-12)25(21,23-2)24-3/h4-11H,1-3H3,(H,19,20). The Morgan fingerprint density at radius 2 is 1.68 bits per heavy atom. The molecule has 0 fully saturated rings. The molecule has 0 aliphatic carbocycles. The van der Waals surface area contributed by atoms with Gasteiger partial charge in [-0.25, -0.2) is 0 Å². The Hall–Kier alpha value is -2.40. The second-order valence-electron chi connectivity index (χ2n) is 5.38. The molecule has 0 radical (unpaired) electrons. The number of amides is 1. The van der Waals surface area contributed by atoms with Crippen molar-refractivity contribution in [3.8, 4) is 5.75 Å². The van der Waals surface area contributed by atoms with Crippen molar-refractivity contribution in [2.24, 2.45) is 0 Å². The van der Waals surface area contributed by atoms with Gasteiger partial charge in [0.15, 0.2) is 0 Å². The minimum atomic E-state index is -3.28. The van der Waals surface area contributed by atoms with Gasteiger partial charge in [0.05, 0.1) is 18.1 Å². The maximum absolute atomic E-state index is 12.3. The molecule has 0 aromatic heterocycles. The molecule has 0 unspecified atom stereocenters. The summed E-state index contributed by atoms with van der Waals surface area (Å²) in [6.45, 7) is 0. The zero-order valence-corrected chi connectivity index (χ0v) is 15.0. The van der Waals surface area contributed by atoms with Gasteiger partial charge in [-0.1, -0.05) is 12.1 Å². The largest absolute Gasteiger partial charge is 0.497 e. The predicted molar refractivity (Wildman–Crippen MR) is 97.2 cm³/mol. The number of rotatable bonds is 5. The first-order valence-corrected chi connectivity index (χ1v) is 9.08. The van der Waals surface area contributed by atoms with E-state index in [0.29, 0.717) is 16.6 Å². The molecule has 1 amide bonds. The Labute approximate surface area is 145 Å². The van der Waals surface area contributed by atoms with Crippen LogP contribution in [0.4, 0.5) is 5.69 Å². The fourth-order valence-corrected chi connectivity index (χ4v) is 3.73. The molecule has 0 spiro atoms. The summed E-state index contributed by atoms with van der Waals surface area (Å²) in [5.41, 5.74) is 2.90. The normalized spacial score (nSPS) is 15.2. The van der Waals surface area contributed by atoms with E-state index >= 15 is 0 Å². The molecule has 2 aromatic carbocycles. The van der Waals surface area contributed by atoms with Crippen LogP contribution < -0.4 is 15.4 Å². The third kappa shape index (κ3) is 3.24. The number of fused-ring (bicyclic) bond motifs is 1. The summed E-state index contributed by atoms with van der Waals surface area (Å²) < 4.78 is 27.5. The monoisotopic (exact) mass is 359 g/mol. The van der Waals surface area contributed by atoms with Gasteiger partial charge >= 0.3 is 7.60 Å². The SMILES string of the molecule is COc1ccc2c(c1)NC(=O)C2=Cc1ccc(P(=O)(OC)OC)cc1. The highest BCUT2D eigenvalue weighted by atomic mass is 31.2. The van der Waals surface area contributed by atoms with Gasteiger partial charge in [-0.15, -0.1) is 0 Å². The minimum absolute atomic E-state index is 0.174. The van der Waals surface area contributed by atoms with Crippen molar-refractivity contribution < 1.29 is 23.1 Å². The summed E-state index contributed by atoms with van der Waals surface area (Å²) in [6, 6.07) is 12.3. The van der Waals surface area contributed by atoms with Crippen LogP contribution in [-0.4, -0.2) is 27.2 Å². The van der Waals surface area contributed by atoms with Crippen molar-refractivity contribution >= 4 is 36.1 Å². The molecule has 0 bridgehead atoms. The first-order chi connectivity index (χ1) is 12.0. The lowest BCUT2D eigenvalue weighted by Crippen LogP contribution is -2.07. The average molecular weight is 359 g/mol. The zero-order valence-electron chi connectivity index (χ0n) is 14.1. The molecule has 7 heteroatoms. The Balaban J connectivity index is 1.94. The van der Waals surface area contributed by atoms with E-state index in [-0.39, 0.29) is 5.91 Å². The number of nitrogens with one attached hydrogen (secondary N) is 1. The summed E-state index contributed by atoms with van der Waals surface area (Å²) in [6.07, 6.45) is 1.78. The summed E-state index contributed by atoms with van der Waals surface area (Å²) in [4.78, 5) is 12.2. The number of benzene rings is 2. The van der Waals surface area contributed by atoms with E-state index < -0.39 is 7.60 Å². The van der Waals surface area contributed by atoms with E-state index in [0.717, 1.165) is 16.8 Å². The molecule has 130 valence electrons. The summed E-state index contributed by atoms with van der Waals surface area (Å²) >= 11 is 0. The van der Waals surface area contributed by atoms with Crippen molar-refractivity contribution in [1.29, 1.82) is 0 Å². The van der Waals surface area contributed by atoms with E-state index in [9.17, 15) is 9.36 Å². The second kappa shape index (κ2) is 6.84. The quantitative estimate of drug-likeness (QED) is 0.655. The molecule has 0 saturated carbocycles. The molecule has 0 atom stereocenters. The predicted octanol–water partition coefficient (Wildman–Crippen LogP) is 3.30. The van der Waals surface area contributed by atoms with Crippen LogP contribution in [0.15, 0.2) is 42.5 Å². The highest BCUT2D eigenvalue weighted by Gasteiger charge is 2.26. The Kier molecular flexibility index (Phi) is 4.77. The molecule has 25 heavy (non-hydrogen) atoms. The number of carbonyl (C=O) groups excluding carboxylic acids is 1. The van der Waals surface area contributed by atoms with Crippen molar-refractivity contribution in [1.82, 2.24) is 0 Å². The van der Waals surface area contributed by atoms with Crippen molar-refractivity contribution in [2.45, 2.75) is 0 Å². The minimum Gasteiger partial charge on any atom is -0.497 e. The molecule has 1 heterocycles. The highest BCUT2D eigenvalue weighted by molar-refractivity contribution is 7.62. The number of anilines is 1. The van der Waals surface area contributed by atoms with Gasteiger partial charge < -0.3 is 19.1 Å². The molecule has 0 saturated heterocycles. The smallest absolute Gasteiger partial charge is 0.360 e. The van der Waals surface area contributed by atoms with E-state index in [1.807, 2.05) is 12.1 Å². The van der Waals surface area contributed by atoms with Crippen molar-refractivity contribution in [2.75, 3.05) is 26.6 Å². The van der Waals surface area contributed by atoms with Crippen LogP contribution >= 0.6 is 7.60 Å². The maximum atomic E-state index is 12.3. The Morgan fingerprint density at radius 3 is 2.28 bits per heavy atom. The number of hydrogen-bond donors (Lipinski definition) is 1. The highest BCUT2D eigenvalue weighted by Crippen LogP contribution is 2.45. The van der Waals surface area contributed by atoms with Crippen LogP contribution in [0, 0.1) is 0 Å². The topological polar surface area (TPSA) is 73.9 Å². The fraction of sp³-hybridized carbons (Fsp3) is 0.167. The Morgan fingerprint density at radius 1 is 1.00 bits per heavy atom. The van der Waals surface area contributed by atoms with Crippen LogP contribution in [0.25, 0.3) is 11.6 Å². The number of methoxy groups -OCH3 is 1. The van der Waals surface area contributed by atoms with E-state index in [1.165, 1.54) is 14.2 Å². The van der Waals surface area contributed by atoms with Crippen molar-refractivity contribution in [3.63, 3.8) is 0 Å². The molecular weight excluding hydrogens is 341 g/mol. The van der Waals surface area contributed by atoms with Gasteiger partial charge in [-0.2, -0.15) is 0 Å². The fourth-order valence-electron chi connectivity index (χ4n) is 2.65. The number of hydrogen-bond acceptors (Lipinski definition) is 5. The van der Waals surface area contributed by atoms with Gasteiger partial charge in [-0.3, -0.25) is 9.36 Å². The molecular formula is C18H18NO5P. The summed E-state index contributed by atoms with van der Waals surface area (Å²) in [5, 5.41) is 3.28. The van der Waals surface area contributed by atoms with Gasteiger partial charge in [0.1, 0.15) is 5.75 Å². The Bertz CT molecular complexity index is 881. The third-order valence-corrected chi connectivity index (χ3v) is 5.90. The van der Waals surface area contributed by atoms with E-state index in [1.54, 1.807) is 43.5 Å². The van der Waals surface area contributed by atoms with Crippen molar-refractivity contribution in [3.05, 3.63) is 53.6 Å². The molecule has 1 aliphatic rings. The lowest BCUT2D eigenvalue weighted by molar-refractivity contribution is -0.110. The number of carbonyl (C=O) groups is 1. The molecule has 1 aliphatic heterocycles. The first-order valence-electron chi connectivity index (χ1n) is 7.54. The van der Waals surface area contributed by atoms with E-state index in [4.69, 9.17) is 13.8 Å². The van der Waals surface area contributed by atoms with Gasteiger partial charge in [-0.05, 0) is 35.9 Å². The molecule has 3 rings (SSSR count). The van der Waals surface area contributed by atoms with E-state index in [2.05, 4.69) is 5.32 Å². The molecule has 2 aromatic rings. The van der Waals surface area contributed by atoms with Gasteiger partial charge in [0.2, 0.25) is 0 Å². The van der Waals surface area contributed by atoms with Crippen LogP contribution in [0.1, 0.15) is 11.1 Å². The van der Waals surface area contributed by atoms with Crippen LogP contribution in [-0.2, 0) is 18.4 Å². The maximum Gasteiger partial charge on any atom is 0.360 e. The molecule has 1 N–H and O–H groups in total. The second-order valence-corrected chi connectivity index (χ2v) is 7.62. The van der Waals surface area contributed by atoms with Crippen LogP contribution in [0.2, 0.25) is 0 Å². The summed E-state index contributed by atoms with van der Waals surface area (Å²) in [7, 11) is 0.985. The van der Waals surface area contributed by atoms with Gasteiger partial charge in [0, 0.05) is 31.4 Å². The summed E-state index contributed by atoms with van der Waals surface area (Å²) in [5.74, 6) is 0.506. The lowest BCUT2D eigenvalue weighted by atomic mass is 10.0. The molecule has 6 nitrogen and oxygen atoms in total. The third-order valence-electron chi connectivity index (χ3n) is 4.01. The van der Waals surface area contributed by atoms with Crippen LogP contribution in [0.3, 0.4) is 0 Å². The first kappa shape index (κ1) is 17.4. The average Bonchev–Trinajstić information content (AvgIpc) is 2.96. The zero-order chi connectivity index (χ0) is 18.0. The van der Waals surface area contributed by atoms with Gasteiger partial charge in [0.25, 0.3) is 5.91 Å². The van der Waals surface area contributed by atoms with Crippen LogP contribution in [0.5, 0.6) is 5.75 Å².